The first-order chi connectivity index (χ1) is 6.67. The van der Waals surface area contributed by atoms with Gasteiger partial charge in [-0.15, -0.1) is 0 Å². The molecule has 1 fully saturated rings. The Morgan fingerprint density at radius 3 is 2.43 bits per heavy atom. The molecule has 2 unspecified atom stereocenters. The average Bonchev–Trinajstić information content (AvgIpc) is 2.62. The van der Waals surface area contributed by atoms with Gasteiger partial charge in [-0.2, -0.15) is 0 Å². The van der Waals surface area contributed by atoms with Gasteiger partial charge >= 0.3 is 0 Å². The molecular formula is C12H26N2. The Kier molecular flexibility index (Phi) is 4.90. The molecule has 84 valence electrons. The van der Waals surface area contributed by atoms with Crippen LogP contribution in [-0.4, -0.2) is 30.6 Å². The lowest BCUT2D eigenvalue weighted by Crippen LogP contribution is -2.31. The molecule has 2 heteroatoms. The minimum absolute atomic E-state index is 0.377. The lowest BCUT2D eigenvalue weighted by molar-refractivity contribution is 0.256. The molecule has 0 aromatic rings. The highest BCUT2D eigenvalue weighted by molar-refractivity contribution is 4.81. The van der Waals surface area contributed by atoms with Crippen molar-refractivity contribution in [2.45, 2.75) is 46.1 Å². The zero-order valence-electron chi connectivity index (χ0n) is 10.00. The summed E-state index contributed by atoms with van der Waals surface area (Å²) in [4.78, 5) is 2.60. The molecule has 0 aromatic heterocycles. The summed E-state index contributed by atoms with van der Waals surface area (Å²) in [5, 5.41) is 0. The van der Waals surface area contributed by atoms with Crippen LogP contribution in [0.2, 0.25) is 0 Å². The van der Waals surface area contributed by atoms with Crippen LogP contribution in [0.5, 0.6) is 0 Å². The molecule has 1 saturated heterocycles. The van der Waals surface area contributed by atoms with E-state index in [9.17, 15) is 0 Å². The molecule has 0 aliphatic carbocycles. The Bertz CT molecular complexity index is 152. The van der Waals surface area contributed by atoms with E-state index in [1.54, 1.807) is 0 Å². The average molecular weight is 198 g/mol. The van der Waals surface area contributed by atoms with Gasteiger partial charge in [0.05, 0.1) is 0 Å². The smallest absolute Gasteiger partial charge is 0.00514 e. The topological polar surface area (TPSA) is 29.3 Å². The van der Waals surface area contributed by atoms with E-state index < -0.39 is 0 Å². The van der Waals surface area contributed by atoms with Crippen LogP contribution in [0, 0.1) is 11.8 Å². The molecule has 1 aliphatic rings. The van der Waals surface area contributed by atoms with E-state index in [2.05, 4.69) is 25.7 Å². The van der Waals surface area contributed by atoms with Crippen LogP contribution in [0.25, 0.3) is 0 Å². The lowest BCUT2D eigenvalue weighted by Gasteiger charge is -2.22. The van der Waals surface area contributed by atoms with Gasteiger partial charge in [0.25, 0.3) is 0 Å². The van der Waals surface area contributed by atoms with Crippen molar-refractivity contribution < 1.29 is 0 Å². The van der Waals surface area contributed by atoms with E-state index in [-0.39, 0.29) is 0 Å². The van der Waals surface area contributed by atoms with Gasteiger partial charge in [-0.25, -0.2) is 0 Å². The van der Waals surface area contributed by atoms with Crippen LogP contribution in [0.4, 0.5) is 0 Å². The zero-order chi connectivity index (χ0) is 10.6. The van der Waals surface area contributed by atoms with Crippen molar-refractivity contribution in [3.05, 3.63) is 0 Å². The SMILES string of the molecule is CCC(CC)CN1CCC(C(C)N)C1. The lowest BCUT2D eigenvalue weighted by atomic mass is 10.0. The van der Waals surface area contributed by atoms with E-state index in [0.717, 1.165) is 11.8 Å². The van der Waals surface area contributed by atoms with Crippen molar-refractivity contribution in [2.24, 2.45) is 17.6 Å². The second-order valence-electron chi connectivity index (χ2n) is 4.85. The molecule has 0 amide bonds. The van der Waals surface area contributed by atoms with Gasteiger partial charge in [-0.1, -0.05) is 26.7 Å². The van der Waals surface area contributed by atoms with Gasteiger partial charge in [0.2, 0.25) is 0 Å². The van der Waals surface area contributed by atoms with Crippen molar-refractivity contribution in [2.75, 3.05) is 19.6 Å². The summed E-state index contributed by atoms with van der Waals surface area (Å²) in [6.45, 7) is 10.5. The molecule has 1 aliphatic heterocycles. The van der Waals surface area contributed by atoms with Crippen molar-refractivity contribution in [3.8, 4) is 0 Å². The first-order valence-corrected chi connectivity index (χ1v) is 6.15. The van der Waals surface area contributed by atoms with Crippen LogP contribution < -0.4 is 5.73 Å². The summed E-state index contributed by atoms with van der Waals surface area (Å²) in [7, 11) is 0. The number of nitrogens with zero attached hydrogens (tertiary/aromatic N) is 1. The number of hydrogen-bond acceptors (Lipinski definition) is 2. The maximum Gasteiger partial charge on any atom is 0.00514 e. The Morgan fingerprint density at radius 2 is 2.00 bits per heavy atom. The van der Waals surface area contributed by atoms with Crippen molar-refractivity contribution in [1.82, 2.24) is 4.90 Å². The van der Waals surface area contributed by atoms with Crippen molar-refractivity contribution in [3.63, 3.8) is 0 Å². The van der Waals surface area contributed by atoms with Crippen LogP contribution in [-0.2, 0) is 0 Å². The maximum atomic E-state index is 5.93. The zero-order valence-corrected chi connectivity index (χ0v) is 10.00. The van der Waals surface area contributed by atoms with Gasteiger partial charge in [0, 0.05) is 19.1 Å². The highest BCUT2D eigenvalue weighted by Gasteiger charge is 2.25. The highest BCUT2D eigenvalue weighted by atomic mass is 15.1. The van der Waals surface area contributed by atoms with E-state index in [1.807, 2.05) is 0 Å². The first-order valence-electron chi connectivity index (χ1n) is 6.15. The van der Waals surface area contributed by atoms with E-state index in [0.29, 0.717) is 6.04 Å². The van der Waals surface area contributed by atoms with E-state index in [4.69, 9.17) is 5.73 Å². The molecule has 1 rings (SSSR count). The summed E-state index contributed by atoms with van der Waals surface area (Å²) < 4.78 is 0. The monoisotopic (exact) mass is 198 g/mol. The molecule has 2 N–H and O–H groups in total. The molecule has 0 bridgehead atoms. The predicted octanol–water partition coefficient (Wildman–Crippen LogP) is 2.09. The minimum atomic E-state index is 0.377. The molecule has 0 spiro atoms. The third-order valence-corrected chi connectivity index (χ3v) is 3.72. The molecule has 2 atom stereocenters. The molecule has 2 nitrogen and oxygen atoms in total. The largest absolute Gasteiger partial charge is 0.328 e. The third kappa shape index (κ3) is 3.25. The summed E-state index contributed by atoms with van der Waals surface area (Å²) >= 11 is 0. The van der Waals surface area contributed by atoms with Crippen molar-refractivity contribution in [1.29, 1.82) is 0 Å². The number of likely N-dealkylation sites (tertiary alicyclic amines) is 1. The fourth-order valence-corrected chi connectivity index (χ4v) is 2.37. The summed E-state index contributed by atoms with van der Waals surface area (Å²) in [6.07, 6.45) is 3.93. The molecule has 0 radical (unpaired) electrons. The first kappa shape index (κ1) is 12.0. The van der Waals surface area contributed by atoms with Gasteiger partial charge in [0.15, 0.2) is 0 Å². The standard InChI is InChI=1S/C12H26N2/c1-4-11(5-2)8-14-7-6-12(9-14)10(3)13/h10-12H,4-9,13H2,1-3H3. The summed E-state index contributed by atoms with van der Waals surface area (Å²) in [5.74, 6) is 1.63. The van der Waals surface area contributed by atoms with Crippen LogP contribution in [0.15, 0.2) is 0 Å². The Hall–Kier alpha value is -0.0800. The molecule has 1 heterocycles. The van der Waals surface area contributed by atoms with E-state index >= 15 is 0 Å². The van der Waals surface area contributed by atoms with Gasteiger partial charge in [0.1, 0.15) is 0 Å². The van der Waals surface area contributed by atoms with Crippen molar-refractivity contribution >= 4 is 0 Å². The van der Waals surface area contributed by atoms with Crippen LogP contribution >= 0.6 is 0 Å². The number of nitrogens with two attached hydrogens (primary N) is 1. The molecule has 0 saturated carbocycles. The van der Waals surface area contributed by atoms with Crippen LogP contribution in [0.3, 0.4) is 0 Å². The summed E-state index contributed by atoms with van der Waals surface area (Å²) in [6, 6.07) is 0.377. The van der Waals surface area contributed by atoms with Gasteiger partial charge in [-0.3, -0.25) is 0 Å². The Balaban J connectivity index is 2.28. The second-order valence-corrected chi connectivity index (χ2v) is 4.85. The fourth-order valence-electron chi connectivity index (χ4n) is 2.37. The number of rotatable bonds is 5. The molecular weight excluding hydrogens is 172 g/mol. The Labute approximate surface area is 88.8 Å². The third-order valence-electron chi connectivity index (χ3n) is 3.72. The van der Waals surface area contributed by atoms with Gasteiger partial charge < -0.3 is 10.6 Å². The predicted molar refractivity (Wildman–Crippen MR) is 62.3 cm³/mol. The van der Waals surface area contributed by atoms with Crippen LogP contribution in [0.1, 0.15) is 40.0 Å². The summed E-state index contributed by atoms with van der Waals surface area (Å²) in [5.41, 5.74) is 5.93. The van der Waals surface area contributed by atoms with E-state index in [1.165, 1.54) is 38.9 Å². The normalized spacial score (nSPS) is 25.9. The second kappa shape index (κ2) is 5.72. The highest BCUT2D eigenvalue weighted by Crippen LogP contribution is 2.21. The fraction of sp³-hybridized carbons (Fsp3) is 1.00. The quantitative estimate of drug-likeness (QED) is 0.733. The maximum absolute atomic E-state index is 5.93. The molecule has 0 aromatic carbocycles. The Morgan fingerprint density at radius 1 is 1.36 bits per heavy atom. The minimum Gasteiger partial charge on any atom is -0.328 e. The van der Waals surface area contributed by atoms with Gasteiger partial charge in [-0.05, 0) is 31.7 Å². The number of hydrogen-bond donors (Lipinski definition) is 1. The molecule has 14 heavy (non-hydrogen) atoms.